The average molecular weight is 627 g/mol. The molecule has 4 aromatic rings. The summed E-state index contributed by atoms with van der Waals surface area (Å²) >= 11 is 0.426. The maximum atomic E-state index is 11.9. The maximum absolute atomic E-state index is 11.9. The third kappa shape index (κ3) is 6.00. The SMILES string of the molecule is COc1cc(N=Nc2c(SOOO)cc3cc(S(=O)(=O)O)c(N)cc3c2O)ccc1N=Nc1ccc2c(c1)C(=O)NC2=O. The van der Waals surface area contributed by atoms with E-state index in [0.717, 1.165) is 12.1 Å². The molecule has 0 aromatic heterocycles. The van der Waals surface area contributed by atoms with Crippen LogP contribution in [0.25, 0.3) is 10.8 Å². The molecule has 0 unspecified atom stereocenters. The fourth-order valence-corrected chi connectivity index (χ4v) is 5.20. The number of nitrogens with one attached hydrogen (secondary N) is 1. The Morgan fingerprint density at radius 1 is 0.907 bits per heavy atom. The van der Waals surface area contributed by atoms with E-state index in [1.165, 1.54) is 49.6 Å². The molecular weight excluding hydrogens is 608 g/mol. The number of carbonyl (C=O) groups is 2. The smallest absolute Gasteiger partial charge is 0.296 e. The van der Waals surface area contributed by atoms with Gasteiger partial charge in [-0.2, -0.15) is 18.6 Å². The Balaban J connectivity index is 1.47. The van der Waals surface area contributed by atoms with Gasteiger partial charge in [-0.1, -0.05) is 5.04 Å². The monoisotopic (exact) mass is 626 g/mol. The Bertz CT molecular complexity index is 1980. The van der Waals surface area contributed by atoms with Crippen molar-refractivity contribution in [2.75, 3.05) is 12.8 Å². The fourth-order valence-electron chi connectivity index (χ4n) is 4.07. The van der Waals surface area contributed by atoms with Crippen LogP contribution < -0.4 is 15.8 Å². The second kappa shape index (κ2) is 11.7. The van der Waals surface area contributed by atoms with E-state index < -0.39 is 32.6 Å². The first-order valence-corrected chi connectivity index (χ1v) is 13.9. The lowest BCUT2D eigenvalue weighted by atomic mass is 10.1. The molecule has 5 rings (SSSR count). The highest BCUT2D eigenvalue weighted by molar-refractivity contribution is 7.94. The summed E-state index contributed by atoms with van der Waals surface area (Å²) in [7, 11) is -3.28. The summed E-state index contributed by atoms with van der Waals surface area (Å²) in [5, 5.41) is 42.0. The molecule has 1 aliphatic heterocycles. The molecule has 2 amide bonds. The Kier molecular flexibility index (Phi) is 8.04. The predicted molar refractivity (Wildman–Crippen MR) is 150 cm³/mol. The lowest BCUT2D eigenvalue weighted by Crippen LogP contribution is -2.19. The van der Waals surface area contributed by atoms with Crippen LogP contribution in [0, 0.1) is 0 Å². The number of nitrogens with two attached hydrogens (primary N) is 1. The van der Waals surface area contributed by atoms with Crippen LogP contribution in [0.5, 0.6) is 11.5 Å². The second-order valence-electron chi connectivity index (χ2n) is 8.65. The summed E-state index contributed by atoms with van der Waals surface area (Å²) in [5.41, 5.74) is 6.60. The molecule has 18 heteroatoms. The van der Waals surface area contributed by atoms with Gasteiger partial charge in [0.15, 0.2) is 5.75 Å². The van der Waals surface area contributed by atoms with E-state index in [1.54, 1.807) is 0 Å². The molecule has 0 bridgehead atoms. The van der Waals surface area contributed by atoms with E-state index in [2.05, 4.69) is 35.1 Å². The van der Waals surface area contributed by atoms with Gasteiger partial charge >= 0.3 is 0 Å². The zero-order valence-corrected chi connectivity index (χ0v) is 23.2. The minimum Gasteiger partial charge on any atom is -0.505 e. The van der Waals surface area contributed by atoms with Gasteiger partial charge in [0.25, 0.3) is 21.9 Å². The molecule has 1 heterocycles. The first-order chi connectivity index (χ1) is 20.5. The van der Waals surface area contributed by atoms with E-state index in [-0.39, 0.29) is 49.6 Å². The highest BCUT2D eigenvalue weighted by Crippen LogP contribution is 2.45. The Morgan fingerprint density at radius 3 is 2.33 bits per heavy atom. The zero-order chi connectivity index (χ0) is 30.9. The Hall–Kier alpha value is -4.98. The number of hydrogen-bond donors (Lipinski definition) is 5. The number of amides is 2. The van der Waals surface area contributed by atoms with Gasteiger partial charge in [-0.25, -0.2) is 5.26 Å². The summed E-state index contributed by atoms with van der Waals surface area (Å²) in [5.74, 6) is -1.23. The van der Waals surface area contributed by atoms with Crippen LogP contribution in [0.15, 0.2) is 84.8 Å². The van der Waals surface area contributed by atoms with Gasteiger partial charge < -0.3 is 15.6 Å². The highest BCUT2D eigenvalue weighted by atomic mass is 32.2. The van der Waals surface area contributed by atoms with E-state index in [0.29, 0.717) is 23.4 Å². The first kappa shape index (κ1) is 29.5. The van der Waals surface area contributed by atoms with Crippen molar-refractivity contribution in [2.45, 2.75) is 9.79 Å². The number of nitrogen functional groups attached to an aromatic ring is 1. The van der Waals surface area contributed by atoms with Gasteiger partial charge in [-0.3, -0.25) is 19.5 Å². The van der Waals surface area contributed by atoms with Gasteiger partial charge in [-0.05, 0) is 53.9 Å². The van der Waals surface area contributed by atoms with Gasteiger partial charge in [-0.15, -0.1) is 14.6 Å². The molecule has 6 N–H and O–H groups in total. The number of nitrogens with zero attached hydrogens (tertiary/aromatic N) is 4. The number of azo groups is 2. The Labute approximate surface area is 245 Å². The number of phenolic OH excluding ortho intramolecular Hbond substituents is 1. The minimum atomic E-state index is -4.67. The summed E-state index contributed by atoms with van der Waals surface area (Å²) in [6, 6.07) is 12.5. The third-order valence-corrected chi connectivity index (χ3v) is 7.56. The van der Waals surface area contributed by atoms with Crippen molar-refractivity contribution in [1.29, 1.82) is 0 Å². The van der Waals surface area contributed by atoms with Gasteiger partial charge in [0.2, 0.25) is 0 Å². The van der Waals surface area contributed by atoms with Crippen LogP contribution in [0.3, 0.4) is 0 Å². The van der Waals surface area contributed by atoms with Crippen LogP contribution in [0.2, 0.25) is 0 Å². The Morgan fingerprint density at radius 2 is 1.60 bits per heavy atom. The number of ether oxygens (including phenoxy) is 1. The summed E-state index contributed by atoms with van der Waals surface area (Å²) < 4.78 is 42.6. The van der Waals surface area contributed by atoms with E-state index in [9.17, 15) is 27.7 Å². The highest BCUT2D eigenvalue weighted by Gasteiger charge is 2.26. The quantitative estimate of drug-likeness (QED) is 0.0293. The third-order valence-electron chi connectivity index (χ3n) is 6.03. The van der Waals surface area contributed by atoms with E-state index in [4.69, 9.17) is 15.7 Å². The number of fused-ring (bicyclic) bond motifs is 2. The van der Waals surface area contributed by atoms with E-state index in [1.807, 2.05) is 0 Å². The second-order valence-corrected chi connectivity index (χ2v) is 10.8. The number of imide groups is 1. The number of rotatable bonds is 9. The summed E-state index contributed by atoms with van der Waals surface area (Å²) in [6.07, 6.45) is 0. The van der Waals surface area contributed by atoms with Crippen LogP contribution >= 0.6 is 12.0 Å². The zero-order valence-electron chi connectivity index (χ0n) is 21.6. The van der Waals surface area contributed by atoms with Crippen LogP contribution in [0.4, 0.5) is 28.4 Å². The number of carbonyl (C=O) groups excluding carboxylic acids is 2. The molecule has 220 valence electrons. The number of phenols is 1. The molecule has 1 aliphatic rings. The first-order valence-electron chi connectivity index (χ1n) is 11.7. The van der Waals surface area contributed by atoms with Crippen molar-refractivity contribution in [1.82, 2.24) is 5.32 Å². The van der Waals surface area contributed by atoms with Gasteiger partial charge in [0, 0.05) is 11.5 Å². The number of hydrogen-bond acceptors (Lipinski definition) is 15. The summed E-state index contributed by atoms with van der Waals surface area (Å²) in [6.45, 7) is 0. The van der Waals surface area contributed by atoms with Crippen LogP contribution in [0.1, 0.15) is 20.7 Å². The molecule has 0 spiro atoms. The lowest BCUT2D eigenvalue weighted by Gasteiger charge is -2.11. The fraction of sp³-hybridized carbons (Fsp3) is 0.0400. The molecule has 0 fully saturated rings. The number of methoxy groups -OCH3 is 1. The topological polar surface area (TPSA) is 244 Å². The number of anilines is 1. The number of aromatic hydroxyl groups is 1. The molecule has 0 aliphatic carbocycles. The van der Waals surface area contributed by atoms with Crippen molar-refractivity contribution < 1.29 is 47.0 Å². The molecule has 0 atom stereocenters. The molecule has 4 aromatic carbocycles. The molecule has 16 nitrogen and oxygen atoms in total. The van der Waals surface area contributed by atoms with Crippen molar-refractivity contribution >= 4 is 73.2 Å². The molecule has 0 saturated carbocycles. The van der Waals surface area contributed by atoms with Gasteiger partial charge in [0.1, 0.15) is 22.0 Å². The predicted octanol–water partition coefficient (Wildman–Crippen LogP) is 5.53. The van der Waals surface area contributed by atoms with E-state index >= 15 is 0 Å². The van der Waals surface area contributed by atoms with Crippen molar-refractivity contribution in [3.05, 3.63) is 65.7 Å². The average Bonchev–Trinajstić information content (AvgIpc) is 3.26. The summed E-state index contributed by atoms with van der Waals surface area (Å²) in [4.78, 5) is 23.1. The molecule has 0 saturated heterocycles. The maximum Gasteiger partial charge on any atom is 0.296 e. The van der Waals surface area contributed by atoms with Crippen LogP contribution in [-0.2, 0) is 19.5 Å². The molecule has 0 radical (unpaired) electrons. The van der Waals surface area contributed by atoms with Gasteiger partial charge in [0.05, 0.1) is 52.2 Å². The standard InChI is InChI=1S/C25H18N6O10S2/c1-39-19-9-13(3-5-18(19)30-28-12-2-4-14-16(8-12)25(34)27-24(14)33)29-31-22-20(42-41-40-35)6-11-7-21(43(36,37)38)17(26)10-15(11)23(22)32/h2-10,32,35H,26H2,1H3,(H,27,33,34)(H,36,37,38). The lowest BCUT2D eigenvalue weighted by molar-refractivity contribution is -0.432. The van der Waals surface area contributed by atoms with Crippen LogP contribution in [-0.4, -0.2) is 42.3 Å². The normalized spacial score (nSPS) is 13.3. The largest absolute Gasteiger partial charge is 0.505 e. The molecule has 43 heavy (non-hydrogen) atoms. The van der Waals surface area contributed by atoms with Crippen molar-refractivity contribution in [3.63, 3.8) is 0 Å². The molecular formula is C25H18N6O10S2. The van der Waals surface area contributed by atoms with Crippen molar-refractivity contribution in [2.24, 2.45) is 20.5 Å². The number of benzene rings is 4. The van der Waals surface area contributed by atoms with Crippen molar-refractivity contribution in [3.8, 4) is 11.5 Å². The minimum absolute atomic E-state index is 0.0379.